The minimum Gasteiger partial charge on any atom is -0.338 e. The van der Waals surface area contributed by atoms with Gasteiger partial charge in [0.25, 0.3) is 0 Å². The van der Waals surface area contributed by atoms with Crippen molar-refractivity contribution in [1.82, 2.24) is 0 Å². The van der Waals surface area contributed by atoms with Crippen LogP contribution < -0.4 is 4.90 Å². The molecule has 110 valence electrons. The molecule has 0 aromatic heterocycles. The van der Waals surface area contributed by atoms with Crippen LogP contribution in [-0.4, -0.2) is 6.04 Å². The fourth-order valence-electron chi connectivity index (χ4n) is 3.30. The maximum Gasteiger partial charge on any atom is 0.0623 e. The molecule has 21 heavy (non-hydrogen) atoms. The predicted molar refractivity (Wildman–Crippen MR) is 91.6 cm³/mol. The SMILES string of the molecule is [3H]c1ccc2c(c1)N(c1ccc([C@H](C)CC)cc1)[C@@H](C)[C@H]2C. The molecule has 1 aliphatic heterocycles. The molecule has 0 radical (unpaired) electrons. The van der Waals surface area contributed by atoms with Crippen LogP contribution in [0.1, 0.15) is 58.4 Å². The second kappa shape index (κ2) is 5.55. The molecule has 1 aliphatic rings. The molecule has 0 N–H and O–H groups in total. The number of benzene rings is 2. The highest BCUT2D eigenvalue weighted by Gasteiger charge is 2.32. The van der Waals surface area contributed by atoms with Gasteiger partial charge in [0.15, 0.2) is 0 Å². The molecular formula is C20H25N. The van der Waals surface area contributed by atoms with Crippen molar-refractivity contribution in [2.24, 2.45) is 0 Å². The van der Waals surface area contributed by atoms with Gasteiger partial charge in [-0.05, 0) is 48.6 Å². The summed E-state index contributed by atoms with van der Waals surface area (Å²) in [5, 5.41) is 0. The standard InChI is InChI=1S/C20H25N/c1-5-14(2)17-10-12-18(13-11-17)21-16(4)15(3)19-8-6-7-9-20(19)21/h6-16H,5H2,1-4H3/t14-,15-,16+/m1/s1/i7T. The molecule has 2 aromatic rings. The lowest BCUT2D eigenvalue weighted by Gasteiger charge is -2.27. The molecule has 0 unspecified atom stereocenters. The molecule has 3 rings (SSSR count). The molecule has 2 aromatic carbocycles. The third-order valence-electron chi connectivity index (χ3n) is 5.11. The van der Waals surface area contributed by atoms with Crippen molar-refractivity contribution in [3.05, 3.63) is 59.6 Å². The van der Waals surface area contributed by atoms with Crippen LogP contribution in [0.15, 0.2) is 48.5 Å². The minimum absolute atomic E-state index is 0.422. The molecule has 1 heteroatoms. The first kappa shape index (κ1) is 12.9. The van der Waals surface area contributed by atoms with Crippen molar-refractivity contribution in [2.75, 3.05) is 4.90 Å². The molecule has 0 amide bonds. The number of hydrogen-bond acceptors (Lipinski definition) is 1. The normalized spacial score (nSPS) is 22.9. The van der Waals surface area contributed by atoms with Gasteiger partial charge in [-0.3, -0.25) is 0 Å². The molecule has 0 spiro atoms. The summed E-state index contributed by atoms with van der Waals surface area (Å²) >= 11 is 0. The average Bonchev–Trinajstić information content (AvgIpc) is 2.78. The molecule has 1 heterocycles. The van der Waals surface area contributed by atoms with E-state index in [4.69, 9.17) is 1.37 Å². The number of fused-ring (bicyclic) bond motifs is 1. The van der Waals surface area contributed by atoms with Crippen LogP contribution >= 0.6 is 0 Å². The van der Waals surface area contributed by atoms with E-state index in [0.717, 1.165) is 0 Å². The van der Waals surface area contributed by atoms with Crippen molar-refractivity contribution in [1.29, 1.82) is 0 Å². The summed E-state index contributed by atoms with van der Waals surface area (Å²) in [5.74, 6) is 1.10. The predicted octanol–water partition coefficient (Wildman–Crippen LogP) is 5.84. The van der Waals surface area contributed by atoms with E-state index in [-0.39, 0.29) is 0 Å². The largest absolute Gasteiger partial charge is 0.338 e. The summed E-state index contributed by atoms with van der Waals surface area (Å²) in [6, 6.07) is 16.0. The first-order valence-corrected chi connectivity index (χ1v) is 8.02. The molecular weight excluding hydrogens is 254 g/mol. The molecule has 0 saturated carbocycles. The summed E-state index contributed by atoms with van der Waals surface area (Å²) < 4.78 is 7.94. The van der Waals surface area contributed by atoms with Gasteiger partial charge in [-0.25, -0.2) is 0 Å². The van der Waals surface area contributed by atoms with Crippen LogP contribution in [0.25, 0.3) is 0 Å². The van der Waals surface area contributed by atoms with E-state index >= 15 is 0 Å². The van der Waals surface area contributed by atoms with Crippen LogP contribution in [0, 0.1) is 0 Å². The second-order valence-electron chi connectivity index (χ2n) is 6.29. The summed E-state index contributed by atoms with van der Waals surface area (Å²) in [5.41, 5.74) is 5.19. The Hall–Kier alpha value is -1.76. The zero-order valence-electron chi connectivity index (χ0n) is 14.4. The van der Waals surface area contributed by atoms with Crippen molar-refractivity contribution in [3.8, 4) is 0 Å². The van der Waals surface area contributed by atoms with Gasteiger partial charge in [-0.15, -0.1) is 0 Å². The van der Waals surface area contributed by atoms with Gasteiger partial charge in [0.05, 0.1) is 1.37 Å². The minimum atomic E-state index is 0.422. The van der Waals surface area contributed by atoms with Crippen molar-refractivity contribution in [3.63, 3.8) is 0 Å². The van der Waals surface area contributed by atoms with E-state index in [1.807, 2.05) is 12.1 Å². The van der Waals surface area contributed by atoms with Crippen LogP contribution in [-0.2, 0) is 0 Å². The van der Waals surface area contributed by atoms with E-state index in [9.17, 15) is 0 Å². The Balaban J connectivity index is 2.00. The highest BCUT2D eigenvalue weighted by atomic mass is 15.2. The number of nitrogens with zero attached hydrogens (tertiary/aromatic N) is 1. The summed E-state index contributed by atoms with van der Waals surface area (Å²) in [6.45, 7) is 9.06. The average molecular weight is 281 g/mol. The number of anilines is 2. The first-order chi connectivity index (χ1) is 10.5. The van der Waals surface area contributed by atoms with Gasteiger partial charge in [-0.2, -0.15) is 0 Å². The monoisotopic (exact) mass is 281 g/mol. The van der Waals surface area contributed by atoms with Crippen molar-refractivity contribution < 1.29 is 1.37 Å². The van der Waals surface area contributed by atoms with Crippen LogP contribution in [0.3, 0.4) is 0 Å². The third kappa shape index (κ3) is 2.35. The Labute approximate surface area is 130 Å². The van der Waals surface area contributed by atoms with Gasteiger partial charge < -0.3 is 4.90 Å². The Kier molecular flexibility index (Phi) is 3.42. The van der Waals surface area contributed by atoms with Gasteiger partial charge in [0, 0.05) is 23.3 Å². The summed E-state index contributed by atoms with van der Waals surface area (Å²) in [7, 11) is 0. The zero-order valence-corrected chi connectivity index (χ0v) is 13.4. The highest BCUT2D eigenvalue weighted by molar-refractivity contribution is 5.72. The Morgan fingerprint density at radius 2 is 1.86 bits per heavy atom. The Morgan fingerprint density at radius 1 is 1.14 bits per heavy atom. The summed E-state index contributed by atoms with van der Waals surface area (Å²) in [4.78, 5) is 2.39. The molecule has 0 bridgehead atoms. The fourth-order valence-corrected chi connectivity index (χ4v) is 3.30. The van der Waals surface area contributed by atoms with Crippen LogP contribution in [0.5, 0.6) is 0 Å². The molecule has 0 aliphatic carbocycles. The molecule has 0 fully saturated rings. The van der Waals surface area contributed by atoms with E-state index in [2.05, 4.69) is 62.9 Å². The third-order valence-corrected chi connectivity index (χ3v) is 5.11. The van der Waals surface area contributed by atoms with Gasteiger partial charge in [-0.1, -0.05) is 51.1 Å². The van der Waals surface area contributed by atoms with Crippen molar-refractivity contribution in [2.45, 2.75) is 52.0 Å². The van der Waals surface area contributed by atoms with Gasteiger partial charge in [0.1, 0.15) is 0 Å². The first-order valence-electron chi connectivity index (χ1n) is 8.52. The van der Waals surface area contributed by atoms with E-state index in [1.54, 1.807) is 0 Å². The Morgan fingerprint density at radius 3 is 2.52 bits per heavy atom. The van der Waals surface area contributed by atoms with Crippen LogP contribution in [0.4, 0.5) is 11.4 Å². The van der Waals surface area contributed by atoms with E-state index in [0.29, 0.717) is 23.9 Å². The zero-order chi connectivity index (χ0) is 15.9. The molecule has 0 saturated heterocycles. The number of hydrogen-bond donors (Lipinski definition) is 0. The molecule has 1 nitrogen and oxygen atoms in total. The van der Waals surface area contributed by atoms with Gasteiger partial charge >= 0.3 is 0 Å². The topological polar surface area (TPSA) is 3.24 Å². The summed E-state index contributed by atoms with van der Waals surface area (Å²) in [6.07, 6.45) is 1.17. The lowest BCUT2D eigenvalue weighted by Crippen LogP contribution is -2.25. The maximum absolute atomic E-state index is 7.94. The molecule has 3 atom stereocenters. The van der Waals surface area contributed by atoms with Gasteiger partial charge in [0.2, 0.25) is 0 Å². The highest BCUT2D eigenvalue weighted by Crippen LogP contribution is 2.44. The van der Waals surface area contributed by atoms with E-state index < -0.39 is 0 Å². The maximum atomic E-state index is 7.94. The van der Waals surface area contributed by atoms with E-state index in [1.165, 1.54) is 28.9 Å². The Bertz CT molecular complexity index is 662. The number of rotatable bonds is 3. The fraction of sp³-hybridized carbons (Fsp3) is 0.400. The lowest BCUT2D eigenvalue weighted by molar-refractivity contribution is 0.642. The number of para-hydroxylation sites is 1. The quantitative estimate of drug-likeness (QED) is 0.682. The van der Waals surface area contributed by atoms with Crippen molar-refractivity contribution >= 4 is 11.4 Å². The van der Waals surface area contributed by atoms with Crippen LogP contribution in [0.2, 0.25) is 0 Å². The second-order valence-corrected chi connectivity index (χ2v) is 6.29. The smallest absolute Gasteiger partial charge is 0.0623 e. The lowest BCUT2D eigenvalue weighted by atomic mass is 9.98.